The minimum absolute atomic E-state index is 0.00219. The van der Waals surface area contributed by atoms with Crippen LogP contribution in [0.15, 0.2) is 30.7 Å². The second kappa shape index (κ2) is 5.55. The predicted octanol–water partition coefficient (Wildman–Crippen LogP) is 0.750. The number of hydrogen-bond donors (Lipinski definition) is 1. The Morgan fingerprint density at radius 1 is 1.25 bits per heavy atom. The number of rotatable bonds is 2. The average molecular weight is 323 g/mol. The second-order valence-corrected chi connectivity index (χ2v) is 5.77. The summed E-state index contributed by atoms with van der Waals surface area (Å²) in [7, 11) is 1.85. The minimum Gasteiger partial charge on any atom is -0.353 e. The first-order valence-corrected chi connectivity index (χ1v) is 7.79. The molecule has 24 heavy (non-hydrogen) atoms. The number of aryl methyl sites for hydroxylation is 1. The van der Waals surface area contributed by atoms with Crippen LogP contribution in [0.1, 0.15) is 6.92 Å². The Morgan fingerprint density at radius 2 is 2.04 bits per heavy atom. The highest BCUT2D eigenvalue weighted by atomic mass is 16.2. The molecule has 0 saturated carbocycles. The second-order valence-electron chi connectivity index (χ2n) is 5.77. The van der Waals surface area contributed by atoms with Crippen molar-refractivity contribution in [1.82, 2.24) is 30.0 Å². The Morgan fingerprint density at radius 3 is 2.83 bits per heavy atom. The maximum absolute atomic E-state index is 12.0. The fourth-order valence-corrected chi connectivity index (χ4v) is 2.93. The maximum atomic E-state index is 12.0. The lowest BCUT2D eigenvalue weighted by atomic mass is 10.2. The molecule has 0 aliphatic carbocycles. The molecule has 3 aromatic heterocycles. The molecule has 1 N–H and O–H groups in total. The van der Waals surface area contributed by atoms with Gasteiger partial charge in [-0.3, -0.25) is 14.5 Å². The van der Waals surface area contributed by atoms with Crippen molar-refractivity contribution in [1.29, 1.82) is 0 Å². The zero-order valence-corrected chi connectivity index (χ0v) is 13.5. The fraction of sp³-hybridized carbons (Fsp3) is 0.312. The van der Waals surface area contributed by atoms with Crippen LogP contribution >= 0.6 is 0 Å². The quantitative estimate of drug-likeness (QED) is 0.748. The van der Waals surface area contributed by atoms with Crippen LogP contribution in [0, 0.1) is 0 Å². The SMILES string of the molecule is C[C@@H]1C(=O)NCCN1c1nc(-c2ccncc2)nc2c1cnn2C. The number of nitrogens with zero attached hydrogens (tertiary/aromatic N) is 6. The Hall–Kier alpha value is -3.03. The standard InChI is InChI=1S/C16H17N7O/c1-10-16(24)18-7-8-23(10)15-12-9-19-22(2)14(12)20-13(21-15)11-3-5-17-6-4-11/h3-6,9-10H,7-8H2,1-2H3,(H,18,24)/t10-/m1/s1. The van der Waals surface area contributed by atoms with Gasteiger partial charge in [-0.05, 0) is 19.1 Å². The van der Waals surface area contributed by atoms with Crippen LogP contribution in [0.2, 0.25) is 0 Å². The van der Waals surface area contributed by atoms with E-state index in [4.69, 9.17) is 4.98 Å². The van der Waals surface area contributed by atoms with Crippen LogP contribution in [0.3, 0.4) is 0 Å². The summed E-state index contributed by atoms with van der Waals surface area (Å²) in [6, 6.07) is 3.45. The van der Waals surface area contributed by atoms with Gasteiger partial charge in [-0.25, -0.2) is 9.97 Å². The number of nitrogens with one attached hydrogen (secondary N) is 1. The number of carbonyl (C=O) groups excluding carboxylic acids is 1. The zero-order chi connectivity index (χ0) is 16.7. The number of piperazine rings is 1. The monoisotopic (exact) mass is 323 g/mol. The van der Waals surface area contributed by atoms with Crippen molar-refractivity contribution < 1.29 is 4.79 Å². The normalized spacial score (nSPS) is 18.0. The summed E-state index contributed by atoms with van der Waals surface area (Å²) >= 11 is 0. The van der Waals surface area contributed by atoms with Crippen molar-refractivity contribution in [2.75, 3.05) is 18.0 Å². The summed E-state index contributed by atoms with van der Waals surface area (Å²) in [5.74, 6) is 1.34. The third-order valence-electron chi connectivity index (χ3n) is 4.28. The van der Waals surface area contributed by atoms with Crippen molar-refractivity contribution in [2.24, 2.45) is 7.05 Å². The molecule has 1 fully saturated rings. The predicted molar refractivity (Wildman–Crippen MR) is 89.4 cm³/mol. The van der Waals surface area contributed by atoms with E-state index in [0.717, 1.165) is 22.4 Å². The first-order chi connectivity index (χ1) is 11.6. The van der Waals surface area contributed by atoms with E-state index in [-0.39, 0.29) is 11.9 Å². The molecule has 8 heteroatoms. The summed E-state index contributed by atoms with van der Waals surface area (Å²) in [5, 5.41) is 8.03. The molecule has 0 unspecified atom stereocenters. The molecule has 122 valence electrons. The fourth-order valence-electron chi connectivity index (χ4n) is 2.93. The molecule has 4 rings (SSSR count). The number of fused-ring (bicyclic) bond motifs is 1. The minimum atomic E-state index is -0.289. The molecule has 8 nitrogen and oxygen atoms in total. The van der Waals surface area contributed by atoms with Crippen molar-refractivity contribution >= 4 is 22.8 Å². The topological polar surface area (TPSA) is 88.8 Å². The molecular weight excluding hydrogens is 306 g/mol. The number of amides is 1. The van der Waals surface area contributed by atoms with Gasteiger partial charge >= 0.3 is 0 Å². The number of aromatic nitrogens is 5. The lowest BCUT2D eigenvalue weighted by Crippen LogP contribution is -2.54. The number of hydrogen-bond acceptors (Lipinski definition) is 6. The summed E-state index contributed by atoms with van der Waals surface area (Å²) in [5.41, 5.74) is 1.62. The van der Waals surface area contributed by atoms with Crippen molar-refractivity contribution in [2.45, 2.75) is 13.0 Å². The van der Waals surface area contributed by atoms with Gasteiger partial charge in [0.2, 0.25) is 5.91 Å². The van der Waals surface area contributed by atoms with Crippen molar-refractivity contribution in [3.05, 3.63) is 30.7 Å². The Kier molecular flexibility index (Phi) is 3.37. The molecule has 1 amide bonds. The Labute approximate surface area is 138 Å². The van der Waals surface area contributed by atoms with Gasteiger partial charge in [0, 0.05) is 38.1 Å². The molecule has 3 aromatic rings. The summed E-state index contributed by atoms with van der Waals surface area (Å²) in [6.45, 7) is 3.17. The van der Waals surface area contributed by atoms with Crippen LogP contribution in [-0.2, 0) is 11.8 Å². The Balaban J connectivity index is 1.92. The van der Waals surface area contributed by atoms with Crippen LogP contribution in [-0.4, -0.2) is 49.8 Å². The maximum Gasteiger partial charge on any atom is 0.242 e. The van der Waals surface area contributed by atoms with Gasteiger partial charge in [0.05, 0.1) is 11.6 Å². The zero-order valence-electron chi connectivity index (χ0n) is 13.5. The molecular formula is C16H17N7O. The third-order valence-corrected chi connectivity index (χ3v) is 4.28. The van der Waals surface area contributed by atoms with Crippen LogP contribution in [0.25, 0.3) is 22.4 Å². The average Bonchev–Trinajstić information content (AvgIpc) is 2.99. The van der Waals surface area contributed by atoms with E-state index in [0.29, 0.717) is 18.9 Å². The molecule has 1 aliphatic heterocycles. The highest BCUT2D eigenvalue weighted by Crippen LogP contribution is 2.28. The van der Waals surface area contributed by atoms with E-state index in [1.807, 2.05) is 31.0 Å². The van der Waals surface area contributed by atoms with E-state index in [1.54, 1.807) is 23.3 Å². The van der Waals surface area contributed by atoms with Crippen molar-refractivity contribution in [3.8, 4) is 11.4 Å². The van der Waals surface area contributed by atoms with Gasteiger partial charge in [-0.2, -0.15) is 5.10 Å². The molecule has 0 aromatic carbocycles. The van der Waals surface area contributed by atoms with E-state index in [9.17, 15) is 4.79 Å². The highest BCUT2D eigenvalue weighted by molar-refractivity contribution is 5.93. The van der Waals surface area contributed by atoms with E-state index >= 15 is 0 Å². The Bertz CT molecular complexity index is 905. The molecule has 0 spiro atoms. The van der Waals surface area contributed by atoms with Crippen molar-refractivity contribution in [3.63, 3.8) is 0 Å². The highest BCUT2D eigenvalue weighted by Gasteiger charge is 2.29. The van der Waals surface area contributed by atoms with Gasteiger partial charge < -0.3 is 10.2 Å². The lowest BCUT2D eigenvalue weighted by molar-refractivity contribution is -0.122. The van der Waals surface area contributed by atoms with E-state index < -0.39 is 0 Å². The van der Waals surface area contributed by atoms with Crippen LogP contribution in [0.4, 0.5) is 5.82 Å². The molecule has 1 atom stereocenters. The molecule has 1 saturated heterocycles. The van der Waals surface area contributed by atoms with Gasteiger partial charge in [-0.15, -0.1) is 0 Å². The number of carbonyl (C=O) groups is 1. The van der Waals surface area contributed by atoms with Crippen LogP contribution < -0.4 is 10.2 Å². The molecule has 0 radical (unpaired) electrons. The first-order valence-electron chi connectivity index (χ1n) is 7.79. The van der Waals surface area contributed by atoms with Gasteiger partial charge in [0.25, 0.3) is 0 Å². The number of anilines is 1. The van der Waals surface area contributed by atoms with Crippen LogP contribution in [0.5, 0.6) is 0 Å². The third kappa shape index (κ3) is 2.27. The first kappa shape index (κ1) is 14.6. The van der Waals surface area contributed by atoms with E-state index in [1.165, 1.54) is 0 Å². The van der Waals surface area contributed by atoms with Gasteiger partial charge in [0.1, 0.15) is 11.9 Å². The number of pyridine rings is 1. The summed E-state index contributed by atoms with van der Waals surface area (Å²) in [4.78, 5) is 27.5. The van der Waals surface area contributed by atoms with E-state index in [2.05, 4.69) is 20.4 Å². The lowest BCUT2D eigenvalue weighted by Gasteiger charge is -2.34. The van der Waals surface area contributed by atoms with Gasteiger partial charge in [0.15, 0.2) is 11.5 Å². The molecule has 0 bridgehead atoms. The molecule has 1 aliphatic rings. The van der Waals surface area contributed by atoms with Gasteiger partial charge in [-0.1, -0.05) is 0 Å². The molecule has 4 heterocycles. The summed E-state index contributed by atoms with van der Waals surface area (Å²) in [6.07, 6.45) is 5.17. The largest absolute Gasteiger partial charge is 0.353 e. The smallest absolute Gasteiger partial charge is 0.242 e. The summed E-state index contributed by atoms with van der Waals surface area (Å²) < 4.78 is 1.72.